The quantitative estimate of drug-likeness (QED) is 0.541. The Kier molecular flexibility index (Phi) is 8.20. The molecule has 0 aromatic heterocycles. The van der Waals surface area contributed by atoms with Crippen LogP contribution in [0.1, 0.15) is 37.0 Å². The summed E-state index contributed by atoms with van der Waals surface area (Å²) in [4.78, 5) is 50.2. The Bertz CT molecular complexity index is 791. The zero-order valence-electron chi connectivity index (χ0n) is 17.8. The molecule has 0 bridgehead atoms. The average Bonchev–Trinajstić information content (AvgIpc) is 3.52. The molecule has 9 heteroatoms. The molecule has 2 N–H and O–H groups in total. The van der Waals surface area contributed by atoms with Crippen molar-refractivity contribution in [1.29, 1.82) is 0 Å². The van der Waals surface area contributed by atoms with Gasteiger partial charge in [-0.05, 0) is 30.9 Å². The number of para-hydroxylation sites is 1. The molecule has 9 nitrogen and oxygen atoms in total. The lowest BCUT2D eigenvalue weighted by Gasteiger charge is -2.22. The first-order valence-electron chi connectivity index (χ1n) is 9.86. The largest absolute Gasteiger partial charge is 0.496 e. The zero-order valence-corrected chi connectivity index (χ0v) is 17.8. The Morgan fingerprint density at radius 1 is 1.17 bits per heavy atom. The van der Waals surface area contributed by atoms with Gasteiger partial charge in [-0.3, -0.25) is 14.4 Å². The van der Waals surface area contributed by atoms with Crippen molar-refractivity contribution >= 4 is 23.7 Å². The summed E-state index contributed by atoms with van der Waals surface area (Å²) in [6.07, 6.45) is 1.91. The van der Waals surface area contributed by atoms with Crippen LogP contribution in [0.2, 0.25) is 0 Å². The summed E-state index contributed by atoms with van der Waals surface area (Å²) in [5.41, 5.74) is 0.288. The Balaban J connectivity index is 1.89. The predicted octanol–water partition coefficient (Wildman–Crippen LogP) is 0.730. The highest BCUT2D eigenvalue weighted by Crippen LogP contribution is 2.19. The minimum atomic E-state index is -0.946. The number of amides is 3. The summed E-state index contributed by atoms with van der Waals surface area (Å²) in [7, 11) is 2.92. The first-order valence-corrected chi connectivity index (χ1v) is 9.86. The van der Waals surface area contributed by atoms with Crippen LogP contribution in [0, 0.1) is 5.92 Å². The molecule has 164 valence electrons. The second kappa shape index (κ2) is 10.6. The van der Waals surface area contributed by atoms with Crippen molar-refractivity contribution in [3.63, 3.8) is 0 Å². The number of carbonyl (C=O) groups excluding carboxylic acids is 4. The first-order chi connectivity index (χ1) is 14.2. The maximum absolute atomic E-state index is 12.6. The van der Waals surface area contributed by atoms with Crippen molar-refractivity contribution in [1.82, 2.24) is 15.5 Å². The molecule has 3 amide bonds. The molecule has 0 spiro atoms. The van der Waals surface area contributed by atoms with Crippen LogP contribution in [0.3, 0.4) is 0 Å². The molecule has 0 radical (unpaired) electrons. The normalized spacial score (nSPS) is 13.9. The minimum absolute atomic E-state index is 0.106. The van der Waals surface area contributed by atoms with Crippen molar-refractivity contribution in [3.8, 4) is 5.75 Å². The number of carbonyl (C=O) groups is 4. The van der Waals surface area contributed by atoms with Gasteiger partial charge in [0.05, 0.1) is 19.2 Å². The van der Waals surface area contributed by atoms with Crippen molar-refractivity contribution in [2.75, 3.05) is 27.3 Å². The van der Waals surface area contributed by atoms with Crippen LogP contribution in [0.4, 0.5) is 0 Å². The standard InChI is InChI=1S/C21H29N3O6/c1-13(2)19(23-20(27)15-7-5-6-8-16(15)29-4)21(28)30-12-18(26)24(3)11-17(25)22-14-9-10-14/h5-8,13-14,19H,9-12H2,1-4H3,(H,22,25)(H,23,27)/t19-/m0/s1. The van der Waals surface area contributed by atoms with Crippen LogP contribution in [0.15, 0.2) is 24.3 Å². The van der Waals surface area contributed by atoms with E-state index in [-0.39, 0.29) is 30.0 Å². The highest BCUT2D eigenvalue weighted by atomic mass is 16.5. The molecule has 1 aliphatic carbocycles. The summed E-state index contributed by atoms with van der Waals surface area (Å²) >= 11 is 0. The Hall–Kier alpha value is -3.10. The number of methoxy groups -OCH3 is 1. The molecule has 1 aliphatic rings. The minimum Gasteiger partial charge on any atom is -0.496 e. The van der Waals surface area contributed by atoms with E-state index in [2.05, 4.69) is 10.6 Å². The summed E-state index contributed by atoms with van der Waals surface area (Å²) in [5, 5.41) is 5.42. The average molecular weight is 419 g/mol. The van der Waals surface area contributed by atoms with Crippen molar-refractivity contribution in [3.05, 3.63) is 29.8 Å². The van der Waals surface area contributed by atoms with E-state index < -0.39 is 30.4 Å². The second-order valence-electron chi connectivity index (χ2n) is 7.59. The van der Waals surface area contributed by atoms with Gasteiger partial charge in [-0.2, -0.15) is 0 Å². The number of nitrogens with zero attached hydrogens (tertiary/aromatic N) is 1. The van der Waals surface area contributed by atoms with E-state index in [4.69, 9.17) is 9.47 Å². The number of rotatable bonds is 10. The maximum Gasteiger partial charge on any atom is 0.329 e. The van der Waals surface area contributed by atoms with Crippen LogP contribution in [-0.2, 0) is 19.1 Å². The Labute approximate surface area is 176 Å². The summed E-state index contributed by atoms with van der Waals surface area (Å²) < 4.78 is 10.3. The number of hydrogen-bond acceptors (Lipinski definition) is 6. The molecule has 0 heterocycles. The number of esters is 1. The van der Waals surface area contributed by atoms with E-state index in [0.29, 0.717) is 5.75 Å². The van der Waals surface area contributed by atoms with Gasteiger partial charge in [0.15, 0.2) is 6.61 Å². The van der Waals surface area contributed by atoms with Gasteiger partial charge in [-0.15, -0.1) is 0 Å². The van der Waals surface area contributed by atoms with Gasteiger partial charge in [0, 0.05) is 13.1 Å². The van der Waals surface area contributed by atoms with E-state index in [1.54, 1.807) is 38.1 Å². The predicted molar refractivity (Wildman–Crippen MR) is 109 cm³/mol. The van der Waals surface area contributed by atoms with Gasteiger partial charge in [0.1, 0.15) is 11.8 Å². The second-order valence-corrected chi connectivity index (χ2v) is 7.59. The fraction of sp³-hybridized carbons (Fsp3) is 0.524. The third-order valence-electron chi connectivity index (χ3n) is 4.65. The SMILES string of the molecule is COc1ccccc1C(=O)N[C@H](C(=O)OCC(=O)N(C)CC(=O)NC1CC1)C(C)C. The van der Waals surface area contributed by atoms with Crippen LogP contribution >= 0.6 is 0 Å². The molecule has 0 aliphatic heterocycles. The smallest absolute Gasteiger partial charge is 0.329 e. The molecule has 1 saturated carbocycles. The first kappa shape index (κ1) is 23.2. The van der Waals surface area contributed by atoms with Crippen LogP contribution in [-0.4, -0.2) is 68.0 Å². The fourth-order valence-electron chi connectivity index (χ4n) is 2.69. The van der Waals surface area contributed by atoms with Gasteiger partial charge in [0.2, 0.25) is 5.91 Å². The molecule has 1 atom stereocenters. The van der Waals surface area contributed by atoms with E-state index >= 15 is 0 Å². The summed E-state index contributed by atoms with van der Waals surface area (Å²) in [6.45, 7) is 2.89. The van der Waals surface area contributed by atoms with Crippen molar-refractivity contribution in [2.45, 2.75) is 38.8 Å². The van der Waals surface area contributed by atoms with E-state index in [0.717, 1.165) is 12.8 Å². The zero-order chi connectivity index (χ0) is 22.3. The molecular weight excluding hydrogens is 390 g/mol. The van der Waals surface area contributed by atoms with Crippen LogP contribution in [0.5, 0.6) is 5.75 Å². The molecule has 0 saturated heterocycles. The lowest BCUT2D eigenvalue weighted by molar-refractivity contribution is -0.154. The summed E-state index contributed by atoms with van der Waals surface area (Å²) in [5.74, 6) is -1.85. The van der Waals surface area contributed by atoms with Crippen LogP contribution in [0.25, 0.3) is 0 Å². The molecule has 30 heavy (non-hydrogen) atoms. The lowest BCUT2D eigenvalue weighted by atomic mass is 10.0. The van der Waals surface area contributed by atoms with Gasteiger partial charge in [0.25, 0.3) is 11.8 Å². The highest BCUT2D eigenvalue weighted by molar-refractivity contribution is 5.99. The highest BCUT2D eigenvalue weighted by Gasteiger charge is 2.28. The maximum atomic E-state index is 12.6. The van der Waals surface area contributed by atoms with E-state index in [1.807, 2.05) is 0 Å². The number of likely N-dealkylation sites (N-methyl/N-ethyl adjacent to an activating group) is 1. The summed E-state index contributed by atoms with van der Waals surface area (Å²) in [6, 6.07) is 5.91. The number of hydrogen-bond donors (Lipinski definition) is 2. The lowest BCUT2D eigenvalue weighted by Crippen LogP contribution is -2.46. The van der Waals surface area contributed by atoms with E-state index in [1.165, 1.54) is 19.1 Å². The topological polar surface area (TPSA) is 114 Å². The third-order valence-corrected chi connectivity index (χ3v) is 4.65. The van der Waals surface area contributed by atoms with Gasteiger partial charge >= 0.3 is 5.97 Å². The third kappa shape index (κ3) is 6.75. The molecule has 1 aromatic rings. The number of ether oxygens (including phenoxy) is 2. The van der Waals surface area contributed by atoms with E-state index in [9.17, 15) is 19.2 Å². The monoisotopic (exact) mass is 419 g/mol. The Morgan fingerprint density at radius 3 is 2.43 bits per heavy atom. The molecular formula is C21H29N3O6. The number of benzene rings is 1. The fourth-order valence-corrected chi connectivity index (χ4v) is 2.69. The molecule has 1 fully saturated rings. The number of nitrogens with one attached hydrogen (secondary N) is 2. The molecule has 1 aromatic carbocycles. The Morgan fingerprint density at radius 2 is 1.83 bits per heavy atom. The van der Waals surface area contributed by atoms with Crippen molar-refractivity contribution < 1.29 is 28.7 Å². The van der Waals surface area contributed by atoms with Gasteiger partial charge < -0.3 is 25.0 Å². The molecule has 2 rings (SSSR count). The molecule has 0 unspecified atom stereocenters. The van der Waals surface area contributed by atoms with Gasteiger partial charge in [-0.25, -0.2) is 4.79 Å². The van der Waals surface area contributed by atoms with Crippen LogP contribution < -0.4 is 15.4 Å². The van der Waals surface area contributed by atoms with Gasteiger partial charge in [-0.1, -0.05) is 26.0 Å². The van der Waals surface area contributed by atoms with Crippen molar-refractivity contribution in [2.24, 2.45) is 5.92 Å².